The van der Waals surface area contributed by atoms with Gasteiger partial charge in [0.15, 0.2) is 0 Å². The summed E-state index contributed by atoms with van der Waals surface area (Å²) >= 11 is 2.01. The number of fused-ring (bicyclic) bond motifs is 1. The number of carbonyl (C=O) groups is 1. The molecule has 5 nitrogen and oxygen atoms in total. The van der Waals surface area contributed by atoms with Crippen LogP contribution in [-0.2, 0) is 4.79 Å². The minimum absolute atomic E-state index is 0.0192. The number of piperidine rings is 1. The number of pyridine rings is 1. The Morgan fingerprint density at radius 2 is 2.19 bits per heavy atom. The molecule has 2 aromatic rings. The highest BCUT2D eigenvalue weighted by molar-refractivity contribution is 8.00. The van der Waals surface area contributed by atoms with Gasteiger partial charge < -0.3 is 14.7 Å². The number of alkyl halides is 1. The second-order valence-electron chi connectivity index (χ2n) is 8.69. The van der Waals surface area contributed by atoms with Gasteiger partial charge >= 0.3 is 5.97 Å². The molecular formula is C24H31FN2O3S. The molecule has 2 aliphatic rings. The number of halogens is 1. The molecule has 0 spiro atoms. The van der Waals surface area contributed by atoms with Crippen molar-refractivity contribution in [1.29, 1.82) is 0 Å². The monoisotopic (exact) mass is 446 g/mol. The van der Waals surface area contributed by atoms with Gasteiger partial charge in [0, 0.05) is 35.7 Å². The Balaban J connectivity index is 1.36. The molecule has 1 N–H and O–H groups in total. The van der Waals surface area contributed by atoms with Crippen LogP contribution in [0, 0.1) is 11.8 Å². The van der Waals surface area contributed by atoms with Crippen molar-refractivity contribution < 1.29 is 19.0 Å². The van der Waals surface area contributed by atoms with Crippen LogP contribution in [0.25, 0.3) is 10.9 Å². The van der Waals surface area contributed by atoms with Gasteiger partial charge in [0.25, 0.3) is 0 Å². The summed E-state index contributed by atoms with van der Waals surface area (Å²) < 4.78 is 20.6. The number of carboxylic acid groups (broad SMARTS) is 1. The van der Waals surface area contributed by atoms with Crippen molar-refractivity contribution >= 4 is 28.6 Å². The highest BCUT2D eigenvalue weighted by Crippen LogP contribution is 2.36. The Labute approximate surface area is 187 Å². The third-order valence-corrected chi connectivity index (χ3v) is 7.91. The van der Waals surface area contributed by atoms with Gasteiger partial charge in [0.05, 0.1) is 18.5 Å². The largest absolute Gasteiger partial charge is 0.497 e. The normalized spacial score (nSPS) is 23.0. The number of methoxy groups -OCH3 is 1. The van der Waals surface area contributed by atoms with E-state index in [4.69, 9.17) is 4.74 Å². The van der Waals surface area contributed by atoms with E-state index < -0.39 is 18.1 Å². The molecule has 1 aliphatic carbocycles. The molecule has 2 fully saturated rings. The number of carboxylic acids is 1. The second kappa shape index (κ2) is 10.2. The van der Waals surface area contributed by atoms with Crippen LogP contribution in [0.5, 0.6) is 5.75 Å². The lowest BCUT2D eigenvalue weighted by Gasteiger charge is -2.36. The number of aromatic nitrogens is 1. The fourth-order valence-corrected chi connectivity index (χ4v) is 5.71. The van der Waals surface area contributed by atoms with E-state index in [-0.39, 0.29) is 5.92 Å². The molecular weight excluding hydrogens is 415 g/mol. The van der Waals surface area contributed by atoms with E-state index in [1.807, 2.05) is 30.0 Å². The zero-order chi connectivity index (χ0) is 21.8. The molecule has 168 valence electrons. The molecule has 1 saturated carbocycles. The predicted molar refractivity (Wildman–Crippen MR) is 123 cm³/mol. The van der Waals surface area contributed by atoms with Crippen molar-refractivity contribution in [3.63, 3.8) is 0 Å². The molecule has 7 heteroatoms. The predicted octanol–water partition coefficient (Wildman–Crippen LogP) is 4.95. The lowest BCUT2D eigenvalue weighted by Crippen LogP contribution is -2.44. The maximum atomic E-state index is 15.3. The van der Waals surface area contributed by atoms with Gasteiger partial charge in [-0.05, 0) is 74.4 Å². The average Bonchev–Trinajstić information content (AvgIpc) is 3.61. The third-order valence-electron chi connectivity index (χ3n) is 6.55. The number of hydrogen-bond donors (Lipinski definition) is 1. The van der Waals surface area contributed by atoms with Crippen molar-refractivity contribution in [2.24, 2.45) is 11.8 Å². The van der Waals surface area contributed by atoms with Crippen LogP contribution in [0.2, 0.25) is 0 Å². The number of nitrogens with zero attached hydrogens (tertiary/aromatic N) is 2. The number of benzene rings is 1. The Kier molecular flexibility index (Phi) is 7.33. The fourth-order valence-electron chi connectivity index (χ4n) is 4.54. The number of rotatable bonds is 10. The third kappa shape index (κ3) is 5.69. The van der Waals surface area contributed by atoms with Gasteiger partial charge in [0.2, 0.25) is 0 Å². The van der Waals surface area contributed by atoms with E-state index in [0.717, 1.165) is 41.4 Å². The molecule has 31 heavy (non-hydrogen) atoms. The van der Waals surface area contributed by atoms with Crippen LogP contribution in [0.15, 0.2) is 30.5 Å². The first-order chi connectivity index (χ1) is 15.0. The van der Waals surface area contributed by atoms with Gasteiger partial charge in [-0.3, -0.25) is 9.78 Å². The zero-order valence-electron chi connectivity index (χ0n) is 18.0. The van der Waals surface area contributed by atoms with E-state index in [0.29, 0.717) is 30.7 Å². The SMILES string of the molecule is COc1ccc2nccc([C@H](F)CC[C@@H]3CCN(CCSC4CC4)C[C@@H]3C(=O)O)c2c1. The minimum atomic E-state index is -1.15. The Morgan fingerprint density at radius 3 is 2.94 bits per heavy atom. The Bertz CT molecular complexity index is 908. The molecule has 4 rings (SSSR count). The maximum Gasteiger partial charge on any atom is 0.308 e. The van der Waals surface area contributed by atoms with Crippen LogP contribution in [0.3, 0.4) is 0 Å². The van der Waals surface area contributed by atoms with Crippen LogP contribution >= 0.6 is 11.8 Å². The zero-order valence-corrected chi connectivity index (χ0v) is 18.8. The van der Waals surface area contributed by atoms with Crippen LogP contribution in [0.1, 0.15) is 43.8 Å². The van der Waals surface area contributed by atoms with Gasteiger partial charge in [-0.1, -0.05) is 0 Å². The summed E-state index contributed by atoms with van der Waals surface area (Å²) in [4.78, 5) is 18.5. The van der Waals surface area contributed by atoms with Gasteiger partial charge in [-0.25, -0.2) is 4.39 Å². The smallest absolute Gasteiger partial charge is 0.308 e. The molecule has 1 saturated heterocycles. The average molecular weight is 447 g/mol. The summed E-state index contributed by atoms with van der Waals surface area (Å²) in [6, 6.07) is 7.20. The van der Waals surface area contributed by atoms with E-state index >= 15 is 4.39 Å². The number of aliphatic carboxylic acids is 1. The molecule has 1 aliphatic heterocycles. The molecule has 1 aromatic carbocycles. The quantitative estimate of drug-likeness (QED) is 0.557. The minimum Gasteiger partial charge on any atom is -0.497 e. The van der Waals surface area contributed by atoms with Gasteiger partial charge in [0.1, 0.15) is 11.9 Å². The number of thioether (sulfide) groups is 1. The summed E-state index contributed by atoms with van der Waals surface area (Å²) in [7, 11) is 1.59. The second-order valence-corrected chi connectivity index (χ2v) is 10.1. The van der Waals surface area contributed by atoms with Crippen molar-refractivity contribution in [3.8, 4) is 5.75 Å². The van der Waals surface area contributed by atoms with E-state index in [1.165, 1.54) is 12.8 Å². The molecule has 0 amide bonds. The molecule has 2 heterocycles. The van der Waals surface area contributed by atoms with Crippen molar-refractivity contribution in [3.05, 3.63) is 36.0 Å². The molecule has 0 bridgehead atoms. The standard InChI is InChI=1S/C24H31FN2O3S/c1-30-17-3-7-23-20(14-17)19(8-10-26-23)22(25)6-2-16-9-11-27(15-21(16)24(28)29)12-13-31-18-4-5-18/h3,7-8,10,14,16,18,21-22H,2,4-6,9,11-13,15H2,1H3,(H,28,29)/t16-,21+,22-/m1/s1. The van der Waals surface area contributed by atoms with Crippen LogP contribution in [-0.4, -0.2) is 58.7 Å². The van der Waals surface area contributed by atoms with E-state index in [1.54, 1.807) is 19.4 Å². The van der Waals surface area contributed by atoms with Crippen LogP contribution in [0.4, 0.5) is 4.39 Å². The van der Waals surface area contributed by atoms with E-state index in [9.17, 15) is 9.90 Å². The highest BCUT2D eigenvalue weighted by atomic mass is 32.2. The van der Waals surface area contributed by atoms with Crippen molar-refractivity contribution in [1.82, 2.24) is 9.88 Å². The van der Waals surface area contributed by atoms with Crippen LogP contribution < -0.4 is 4.74 Å². The maximum absolute atomic E-state index is 15.3. The first-order valence-electron chi connectivity index (χ1n) is 11.2. The van der Waals surface area contributed by atoms with Crippen molar-refractivity contribution in [2.45, 2.75) is 43.5 Å². The number of ether oxygens (including phenoxy) is 1. The summed E-state index contributed by atoms with van der Waals surface area (Å²) in [5, 5.41) is 11.4. The summed E-state index contributed by atoms with van der Waals surface area (Å²) in [6.45, 7) is 2.44. The highest BCUT2D eigenvalue weighted by Gasteiger charge is 2.34. The summed E-state index contributed by atoms with van der Waals surface area (Å²) in [6.07, 6.45) is 4.86. The molecule has 0 radical (unpaired) electrons. The van der Waals surface area contributed by atoms with Crippen molar-refractivity contribution in [2.75, 3.05) is 32.5 Å². The van der Waals surface area contributed by atoms with Gasteiger partial charge in [-0.2, -0.15) is 11.8 Å². The number of hydrogen-bond acceptors (Lipinski definition) is 5. The molecule has 1 aromatic heterocycles. The first kappa shape index (κ1) is 22.3. The topological polar surface area (TPSA) is 62.7 Å². The summed E-state index contributed by atoms with van der Waals surface area (Å²) in [5.41, 5.74) is 1.34. The van der Waals surface area contributed by atoms with E-state index in [2.05, 4.69) is 9.88 Å². The van der Waals surface area contributed by atoms with Gasteiger partial charge in [-0.15, -0.1) is 0 Å². The lowest BCUT2D eigenvalue weighted by molar-refractivity contribution is -0.146. The summed E-state index contributed by atoms with van der Waals surface area (Å²) in [5.74, 6) is 0.602. The molecule has 3 atom stereocenters. The molecule has 0 unspecified atom stereocenters. The Hall–Kier alpha value is -1.86. The lowest BCUT2D eigenvalue weighted by atomic mass is 9.81. The Morgan fingerprint density at radius 1 is 1.35 bits per heavy atom. The first-order valence-corrected chi connectivity index (χ1v) is 12.2. The fraction of sp³-hybridized carbons (Fsp3) is 0.583. The number of likely N-dealkylation sites (tertiary alicyclic amines) is 1.